The van der Waals surface area contributed by atoms with Gasteiger partial charge in [-0.3, -0.25) is 9.59 Å². The molecule has 0 bridgehead atoms. The first kappa shape index (κ1) is 16.1. The van der Waals surface area contributed by atoms with Crippen LogP contribution in [0.2, 0.25) is 0 Å². The molecule has 0 fully saturated rings. The molecule has 1 heterocycles. The summed E-state index contributed by atoms with van der Waals surface area (Å²) >= 11 is 1.20. The van der Waals surface area contributed by atoms with E-state index in [1.54, 1.807) is 6.92 Å². The molecule has 0 spiro atoms. The maximum Gasteiger partial charge on any atom is 0.326 e. The highest BCUT2D eigenvalue weighted by Gasteiger charge is 2.25. The fourth-order valence-corrected chi connectivity index (χ4v) is 2.04. The van der Waals surface area contributed by atoms with Crippen LogP contribution in [0.25, 0.3) is 0 Å². The van der Waals surface area contributed by atoms with Crippen LogP contribution < -0.4 is 11.1 Å². The number of carbonyl (C=O) groups excluding carboxylic acids is 2. The number of thiazole rings is 1. The summed E-state index contributed by atoms with van der Waals surface area (Å²) in [5.74, 6) is -2.73. The number of methoxy groups -OCH3 is 1. The number of nitrogens with one attached hydrogen (secondary N) is 1. The molecule has 0 aliphatic carbocycles. The average Bonchev–Trinajstić information content (AvgIpc) is 2.87. The lowest BCUT2D eigenvalue weighted by molar-refractivity contribution is -0.147. The van der Waals surface area contributed by atoms with E-state index in [0.717, 1.165) is 7.11 Å². The van der Waals surface area contributed by atoms with E-state index in [2.05, 4.69) is 15.0 Å². The van der Waals surface area contributed by atoms with Gasteiger partial charge in [0.25, 0.3) is 5.91 Å². The topological polar surface area (TPSA) is 132 Å². The van der Waals surface area contributed by atoms with Crippen molar-refractivity contribution in [1.82, 2.24) is 10.3 Å². The van der Waals surface area contributed by atoms with Gasteiger partial charge >= 0.3 is 11.9 Å². The molecule has 1 aromatic rings. The SMILES string of the molecule is COC(=O)C[C@H](NC(=O)c1csc(C(C)N)n1)C(=O)O. The van der Waals surface area contributed by atoms with Crippen LogP contribution in [0, 0.1) is 0 Å². The van der Waals surface area contributed by atoms with Gasteiger partial charge in [-0.2, -0.15) is 0 Å². The molecule has 0 radical (unpaired) electrons. The molecule has 0 saturated heterocycles. The molecular formula is C11H15N3O5S. The number of nitrogens with two attached hydrogens (primary N) is 1. The van der Waals surface area contributed by atoms with E-state index >= 15 is 0 Å². The van der Waals surface area contributed by atoms with E-state index in [-0.39, 0.29) is 11.7 Å². The zero-order valence-corrected chi connectivity index (χ0v) is 11.8. The summed E-state index contributed by atoms with van der Waals surface area (Å²) in [6, 6.07) is -1.68. The zero-order chi connectivity index (χ0) is 15.3. The molecule has 1 unspecified atom stereocenters. The van der Waals surface area contributed by atoms with Gasteiger partial charge in [0.05, 0.1) is 19.6 Å². The summed E-state index contributed by atoms with van der Waals surface area (Å²) in [4.78, 5) is 37.9. The fourth-order valence-electron chi connectivity index (χ4n) is 1.28. The van der Waals surface area contributed by atoms with Crippen LogP contribution in [0.4, 0.5) is 0 Å². The molecule has 110 valence electrons. The highest BCUT2D eigenvalue weighted by molar-refractivity contribution is 7.09. The predicted molar refractivity (Wildman–Crippen MR) is 70.2 cm³/mol. The summed E-state index contributed by atoms with van der Waals surface area (Å²) < 4.78 is 4.37. The molecule has 0 saturated carbocycles. The Hall–Kier alpha value is -2.00. The first-order chi connectivity index (χ1) is 9.35. The van der Waals surface area contributed by atoms with Crippen LogP contribution in [-0.4, -0.2) is 41.1 Å². The van der Waals surface area contributed by atoms with Crippen molar-refractivity contribution in [2.24, 2.45) is 5.73 Å². The minimum Gasteiger partial charge on any atom is -0.480 e. The van der Waals surface area contributed by atoms with Gasteiger partial charge in [0.2, 0.25) is 0 Å². The molecule has 0 aliphatic rings. The Bertz CT molecular complexity index is 514. The smallest absolute Gasteiger partial charge is 0.326 e. The highest BCUT2D eigenvalue weighted by atomic mass is 32.1. The third-order valence-corrected chi connectivity index (χ3v) is 3.39. The quantitative estimate of drug-likeness (QED) is 0.625. The Kier molecular flexibility index (Phi) is 5.59. The number of aromatic nitrogens is 1. The lowest BCUT2D eigenvalue weighted by atomic mass is 10.2. The number of aliphatic carboxylic acids is 1. The molecule has 9 heteroatoms. The number of hydrogen-bond donors (Lipinski definition) is 3. The van der Waals surface area contributed by atoms with Crippen LogP contribution in [0.1, 0.15) is 34.9 Å². The second-order valence-corrected chi connectivity index (χ2v) is 4.89. The monoisotopic (exact) mass is 301 g/mol. The average molecular weight is 301 g/mol. The second kappa shape index (κ2) is 6.96. The molecule has 2 atom stereocenters. The third-order valence-electron chi connectivity index (χ3n) is 2.35. The summed E-state index contributed by atoms with van der Waals surface area (Å²) in [7, 11) is 1.14. The largest absolute Gasteiger partial charge is 0.480 e. The van der Waals surface area contributed by atoms with Crippen molar-refractivity contribution >= 4 is 29.2 Å². The molecule has 0 aliphatic heterocycles. The molecule has 1 amide bonds. The van der Waals surface area contributed by atoms with Crippen molar-refractivity contribution in [1.29, 1.82) is 0 Å². The minimum atomic E-state index is -1.37. The first-order valence-electron chi connectivity index (χ1n) is 5.66. The summed E-state index contributed by atoms with van der Waals surface area (Å²) in [5, 5.41) is 13.2. The van der Waals surface area contributed by atoms with Crippen molar-refractivity contribution in [2.75, 3.05) is 7.11 Å². The lowest BCUT2D eigenvalue weighted by Gasteiger charge is -2.12. The van der Waals surface area contributed by atoms with Crippen molar-refractivity contribution in [3.05, 3.63) is 16.1 Å². The van der Waals surface area contributed by atoms with E-state index in [1.165, 1.54) is 16.7 Å². The van der Waals surface area contributed by atoms with E-state index < -0.39 is 30.3 Å². The van der Waals surface area contributed by atoms with Gasteiger partial charge in [0.1, 0.15) is 16.7 Å². The Labute approximate surface area is 118 Å². The van der Waals surface area contributed by atoms with E-state index in [9.17, 15) is 14.4 Å². The van der Waals surface area contributed by atoms with Crippen molar-refractivity contribution in [2.45, 2.75) is 25.4 Å². The van der Waals surface area contributed by atoms with Gasteiger partial charge in [-0.25, -0.2) is 9.78 Å². The van der Waals surface area contributed by atoms with E-state index in [0.29, 0.717) is 5.01 Å². The Morgan fingerprint density at radius 1 is 1.55 bits per heavy atom. The van der Waals surface area contributed by atoms with Crippen LogP contribution in [-0.2, 0) is 14.3 Å². The van der Waals surface area contributed by atoms with E-state index in [4.69, 9.17) is 10.8 Å². The molecular weight excluding hydrogens is 286 g/mol. The highest BCUT2D eigenvalue weighted by Crippen LogP contribution is 2.15. The number of carboxylic acids is 1. The van der Waals surface area contributed by atoms with Crippen molar-refractivity contribution in [3.8, 4) is 0 Å². The number of esters is 1. The second-order valence-electron chi connectivity index (χ2n) is 4.00. The number of nitrogens with zero attached hydrogens (tertiary/aromatic N) is 1. The molecule has 1 rings (SSSR count). The fraction of sp³-hybridized carbons (Fsp3) is 0.455. The van der Waals surface area contributed by atoms with Crippen LogP contribution in [0.3, 0.4) is 0 Å². The van der Waals surface area contributed by atoms with Crippen LogP contribution in [0.5, 0.6) is 0 Å². The lowest BCUT2D eigenvalue weighted by Crippen LogP contribution is -2.42. The Balaban J connectivity index is 2.74. The van der Waals surface area contributed by atoms with Gasteiger partial charge in [0.15, 0.2) is 0 Å². The number of hydrogen-bond acceptors (Lipinski definition) is 7. The number of carbonyl (C=O) groups is 3. The molecule has 20 heavy (non-hydrogen) atoms. The van der Waals surface area contributed by atoms with Gasteiger partial charge < -0.3 is 20.9 Å². The summed E-state index contributed by atoms with van der Waals surface area (Å²) in [6.45, 7) is 1.72. The maximum absolute atomic E-state index is 11.8. The van der Waals surface area contributed by atoms with Gasteiger partial charge in [0, 0.05) is 5.38 Å². The van der Waals surface area contributed by atoms with Gasteiger partial charge in [-0.1, -0.05) is 0 Å². The normalized spacial score (nSPS) is 13.3. The molecule has 8 nitrogen and oxygen atoms in total. The Morgan fingerprint density at radius 3 is 2.65 bits per heavy atom. The predicted octanol–water partition coefficient (Wildman–Crippen LogP) is -0.0911. The maximum atomic E-state index is 11.8. The number of carboxylic acid groups (broad SMARTS) is 1. The van der Waals surface area contributed by atoms with Crippen LogP contribution in [0.15, 0.2) is 5.38 Å². The van der Waals surface area contributed by atoms with Gasteiger partial charge in [-0.15, -0.1) is 11.3 Å². The van der Waals surface area contributed by atoms with Crippen LogP contribution >= 0.6 is 11.3 Å². The standard InChI is InChI=1S/C11H15N3O5S/c1-5(12)10-14-7(4-20-10)9(16)13-6(11(17)18)3-8(15)19-2/h4-6H,3,12H2,1-2H3,(H,13,16)(H,17,18)/t5?,6-/m0/s1. The van der Waals surface area contributed by atoms with Crippen molar-refractivity contribution < 1.29 is 24.2 Å². The summed E-state index contributed by atoms with van der Waals surface area (Å²) in [6.07, 6.45) is -0.456. The summed E-state index contributed by atoms with van der Waals surface area (Å²) in [5.41, 5.74) is 5.69. The van der Waals surface area contributed by atoms with Gasteiger partial charge in [-0.05, 0) is 6.92 Å². The molecule has 1 aromatic heterocycles. The number of ether oxygens (including phenoxy) is 1. The zero-order valence-electron chi connectivity index (χ0n) is 11.0. The molecule has 0 aromatic carbocycles. The Morgan fingerprint density at radius 2 is 2.20 bits per heavy atom. The first-order valence-corrected chi connectivity index (χ1v) is 6.54. The minimum absolute atomic E-state index is 0.0680. The van der Waals surface area contributed by atoms with Crippen molar-refractivity contribution in [3.63, 3.8) is 0 Å². The third kappa shape index (κ3) is 4.28. The molecule has 4 N–H and O–H groups in total. The number of rotatable bonds is 6. The van der Waals surface area contributed by atoms with E-state index in [1.807, 2.05) is 0 Å². The number of amides is 1.